The number of fused-ring (bicyclic) bond motifs is 1. The molecule has 0 saturated heterocycles. The lowest BCUT2D eigenvalue weighted by molar-refractivity contribution is -0.143. The topological polar surface area (TPSA) is 96.6 Å². The molecule has 4 aromatic rings. The van der Waals surface area contributed by atoms with Crippen molar-refractivity contribution in [2.24, 2.45) is 0 Å². The minimum atomic E-state index is -0.248. The van der Waals surface area contributed by atoms with E-state index in [1.807, 2.05) is 32.0 Å². The SMILES string of the molecule is [C-]#[N+]c1cc(-c2nc(-c3ccc4c(cnn4CCC(=O)OCC)c3)no2)ccc1OC(C)C. The number of rotatable bonds is 8. The molecule has 168 valence electrons. The van der Waals surface area contributed by atoms with Gasteiger partial charge in [0.05, 0.1) is 44.0 Å². The number of hydrogen-bond donors (Lipinski definition) is 0. The second-order valence-corrected chi connectivity index (χ2v) is 7.58. The molecule has 0 aliphatic carbocycles. The van der Waals surface area contributed by atoms with E-state index in [9.17, 15) is 4.79 Å². The van der Waals surface area contributed by atoms with Crippen LogP contribution in [-0.2, 0) is 16.1 Å². The zero-order valence-corrected chi connectivity index (χ0v) is 18.6. The van der Waals surface area contributed by atoms with Crippen LogP contribution < -0.4 is 4.74 Å². The van der Waals surface area contributed by atoms with E-state index in [4.69, 9.17) is 20.6 Å². The molecule has 2 heterocycles. The molecule has 4 rings (SSSR count). The molecule has 0 amide bonds. The zero-order valence-electron chi connectivity index (χ0n) is 18.6. The van der Waals surface area contributed by atoms with Crippen LogP contribution in [-0.4, -0.2) is 38.6 Å². The Morgan fingerprint density at radius 1 is 1.21 bits per heavy atom. The van der Waals surface area contributed by atoms with Crippen LogP contribution >= 0.6 is 0 Å². The van der Waals surface area contributed by atoms with E-state index >= 15 is 0 Å². The highest BCUT2D eigenvalue weighted by Gasteiger charge is 2.15. The number of hydrogen-bond acceptors (Lipinski definition) is 7. The maximum Gasteiger partial charge on any atom is 0.307 e. The molecule has 9 nitrogen and oxygen atoms in total. The van der Waals surface area contributed by atoms with Gasteiger partial charge in [-0.15, -0.1) is 0 Å². The van der Waals surface area contributed by atoms with Gasteiger partial charge in [0.1, 0.15) is 5.75 Å². The zero-order chi connectivity index (χ0) is 23.4. The number of ether oxygens (including phenoxy) is 2. The van der Waals surface area contributed by atoms with Crippen molar-refractivity contribution in [2.45, 2.75) is 39.8 Å². The number of benzene rings is 2. The third-order valence-electron chi connectivity index (χ3n) is 4.85. The Bertz CT molecular complexity index is 1330. The number of carbonyl (C=O) groups excluding carboxylic acids is 1. The molecule has 0 unspecified atom stereocenters. The van der Waals surface area contributed by atoms with Crippen molar-refractivity contribution in [1.29, 1.82) is 0 Å². The number of aromatic nitrogens is 4. The molecule has 0 saturated carbocycles. The van der Waals surface area contributed by atoms with Gasteiger partial charge in [-0.05, 0) is 57.2 Å². The first kappa shape index (κ1) is 22.0. The molecule has 0 radical (unpaired) electrons. The molecule has 2 aromatic carbocycles. The van der Waals surface area contributed by atoms with Crippen LogP contribution in [0.15, 0.2) is 47.1 Å². The summed E-state index contributed by atoms with van der Waals surface area (Å²) in [5, 5.41) is 9.36. The summed E-state index contributed by atoms with van der Waals surface area (Å²) in [5.41, 5.74) is 2.70. The van der Waals surface area contributed by atoms with Crippen molar-refractivity contribution in [2.75, 3.05) is 6.61 Å². The average molecular weight is 445 g/mol. The van der Waals surface area contributed by atoms with Crippen LogP contribution in [0.25, 0.3) is 38.6 Å². The summed E-state index contributed by atoms with van der Waals surface area (Å²) >= 11 is 0. The summed E-state index contributed by atoms with van der Waals surface area (Å²) < 4.78 is 17.9. The predicted octanol–water partition coefficient (Wildman–Crippen LogP) is 5.04. The molecule has 0 aliphatic rings. The summed E-state index contributed by atoms with van der Waals surface area (Å²) in [4.78, 5) is 19.7. The molecule has 0 N–H and O–H groups in total. The van der Waals surface area contributed by atoms with Crippen molar-refractivity contribution < 1.29 is 18.8 Å². The van der Waals surface area contributed by atoms with Gasteiger partial charge in [-0.2, -0.15) is 10.1 Å². The van der Waals surface area contributed by atoms with Gasteiger partial charge in [0, 0.05) is 16.5 Å². The molecule has 2 aromatic heterocycles. The van der Waals surface area contributed by atoms with E-state index in [0.717, 1.165) is 16.5 Å². The highest BCUT2D eigenvalue weighted by Crippen LogP contribution is 2.34. The normalized spacial score (nSPS) is 11.0. The smallest absolute Gasteiger partial charge is 0.307 e. The molecule has 0 spiro atoms. The molecular formula is C24H23N5O4. The molecule has 9 heteroatoms. The van der Waals surface area contributed by atoms with Crippen LogP contribution in [0.3, 0.4) is 0 Å². The van der Waals surface area contributed by atoms with Crippen LogP contribution in [0, 0.1) is 6.57 Å². The van der Waals surface area contributed by atoms with Gasteiger partial charge in [-0.1, -0.05) is 5.16 Å². The van der Waals surface area contributed by atoms with E-state index in [1.165, 1.54) is 0 Å². The van der Waals surface area contributed by atoms with E-state index < -0.39 is 0 Å². The average Bonchev–Trinajstić information content (AvgIpc) is 3.45. The first-order chi connectivity index (χ1) is 16.0. The van der Waals surface area contributed by atoms with E-state index in [2.05, 4.69) is 20.1 Å². The van der Waals surface area contributed by atoms with Gasteiger partial charge in [0.25, 0.3) is 5.89 Å². The third kappa shape index (κ3) is 4.85. The van der Waals surface area contributed by atoms with Gasteiger partial charge < -0.3 is 14.0 Å². The van der Waals surface area contributed by atoms with Gasteiger partial charge >= 0.3 is 5.97 Å². The molecule has 33 heavy (non-hydrogen) atoms. The number of carbonyl (C=O) groups is 1. The highest BCUT2D eigenvalue weighted by atomic mass is 16.5. The lowest BCUT2D eigenvalue weighted by Crippen LogP contribution is -2.09. The fourth-order valence-electron chi connectivity index (χ4n) is 3.38. The minimum Gasteiger partial charge on any atom is -0.502 e. The summed E-state index contributed by atoms with van der Waals surface area (Å²) in [5.74, 6) is 1.02. The van der Waals surface area contributed by atoms with E-state index in [0.29, 0.717) is 41.9 Å². The molecular weight excluding hydrogens is 422 g/mol. The van der Waals surface area contributed by atoms with Crippen molar-refractivity contribution in [3.8, 4) is 28.6 Å². The summed E-state index contributed by atoms with van der Waals surface area (Å²) in [6.45, 7) is 13.8. The Morgan fingerprint density at radius 2 is 2.03 bits per heavy atom. The Labute approximate surface area is 190 Å². The monoisotopic (exact) mass is 445 g/mol. The van der Waals surface area contributed by atoms with Crippen LogP contribution in [0.1, 0.15) is 27.2 Å². The van der Waals surface area contributed by atoms with Gasteiger partial charge in [-0.25, -0.2) is 4.85 Å². The summed E-state index contributed by atoms with van der Waals surface area (Å²) in [6, 6.07) is 10.9. The largest absolute Gasteiger partial charge is 0.502 e. The molecule has 0 atom stereocenters. The van der Waals surface area contributed by atoms with E-state index in [1.54, 1.807) is 36.0 Å². The Kier molecular flexibility index (Phi) is 6.36. The highest BCUT2D eigenvalue weighted by molar-refractivity contribution is 5.83. The lowest BCUT2D eigenvalue weighted by Gasteiger charge is -2.11. The molecule has 0 bridgehead atoms. The fraction of sp³-hybridized carbons (Fsp3) is 0.292. The van der Waals surface area contributed by atoms with Crippen LogP contribution in [0.2, 0.25) is 0 Å². The second-order valence-electron chi connectivity index (χ2n) is 7.58. The number of aryl methyl sites for hydroxylation is 1. The van der Waals surface area contributed by atoms with Crippen molar-refractivity contribution in [1.82, 2.24) is 19.9 Å². The first-order valence-corrected chi connectivity index (χ1v) is 10.6. The fourth-order valence-corrected chi connectivity index (χ4v) is 3.38. The maximum atomic E-state index is 11.6. The lowest BCUT2D eigenvalue weighted by atomic mass is 10.1. The Morgan fingerprint density at radius 3 is 2.79 bits per heavy atom. The van der Waals surface area contributed by atoms with Crippen molar-refractivity contribution in [3.05, 3.63) is 54.0 Å². The van der Waals surface area contributed by atoms with E-state index in [-0.39, 0.29) is 18.5 Å². The Hall–Kier alpha value is -4.19. The minimum absolute atomic E-state index is 0.0317. The van der Waals surface area contributed by atoms with Gasteiger partial charge in [-0.3, -0.25) is 9.48 Å². The number of nitrogens with zero attached hydrogens (tertiary/aromatic N) is 5. The summed E-state index contributed by atoms with van der Waals surface area (Å²) in [7, 11) is 0. The molecule has 0 aliphatic heterocycles. The first-order valence-electron chi connectivity index (χ1n) is 10.6. The van der Waals surface area contributed by atoms with Crippen molar-refractivity contribution >= 4 is 22.6 Å². The van der Waals surface area contributed by atoms with Gasteiger partial charge in [0.15, 0.2) is 0 Å². The van der Waals surface area contributed by atoms with Crippen LogP contribution in [0.4, 0.5) is 5.69 Å². The third-order valence-corrected chi connectivity index (χ3v) is 4.85. The quantitative estimate of drug-likeness (QED) is 0.277. The van der Waals surface area contributed by atoms with Crippen LogP contribution in [0.5, 0.6) is 5.75 Å². The number of esters is 1. The van der Waals surface area contributed by atoms with Crippen molar-refractivity contribution in [3.63, 3.8) is 0 Å². The molecule has 0 fully saturated rings. The Balaban J connectivity index is 1.55. The standard InChI is InChI=1S/C24H23N5O4/c1-5-31-22(30)10-11-29-20-8-6-16(12-18(20)14-26-29)23-27-24(33-28-23)17-7-9-21(32-15(2)3)19(13-17)25-4/h6-9,12-15H,5,10-11H2,1-3H3. The van der Waals surface area contributed by atoms with Gasteiger partial charge in [0.2, 0.25) is 11.5 Å². The summed E-state index contributed by atoms with van der Waals surface area (Å²) in [6.07, 6.45) is 1.96. The predicted molar refractivity (Wildman–Crippen MR) is 122 cm³/mol. The second kappa shape index (κ2) is 9.53. The maximum absolute atomic E-state index is 11.6.